The molecule has 0 atom stereocenters. The van der Waals surface area contributed by atoms with Crippen molar-refractivity contribution in [3.8, 4) is 0 Å². The summed E-state index contributed by atoms with van der Waals surface area (Å²) < 4.78 is 17.0. The van der Waals surface area contributed by atoms with Crippen LogP contribution in [-0.4, -0.2) is 35.0 Å². The van der Waals surface area contributed by atoms with E-state index in [0.29, 0.717) is 0 Å². The van der Waals surface area contributed by atoms with Crippen LogP contribution in [0.3, 0.4) is 0 Å². The van der Waals surface area contributed by atoms with Crippen LogP contribution in [0, 0.1) is 0 Å². The molecule has 3 nitrogen and oxygen atoms in total. The van der Waals surface area contributed by atoms with Crippen LogP contribution in [0.15, 0.2) is 0 Å². The average Bonchev–Trinajstić information content (AvgIpc) is 2.29. The molecule has 0 amide bonds. The Hall–Kier alpha value is 1.01. The Morgan fingerprint density at radius 2 is 1.06 bits per heavy atom. The minimum Gasteiger partial charge on any atom is -1.00 e. The van der Waals surface area contributed by atoms with E-state index in [-0.39, 0.29) is 21.7 Å². The van der Waals surface area contributed by atoms with Crippen LogP contribution in [0.4, 0.5) is 0 Å². The quantitative estimate of drug-likeness (QED) is 0.381. The monoisotopic (exact) mass is 256 g/mol. The van der Waals surface area contributed by atoms with Crippen molar-refractivity contribution < 1.29 is 33.1 Å². The summed E-state index contributed by atoms with van der Waals surface area (Å²) in [5.74, 6) is 0. The van der Waals surface area contributed by atoms with Gasteiger partial charge in [0.2, 0.25) is 0 Å². The SMILES string of the molecule is CCCC[O][Al]([O]CCCC)[O]CCCC.[H-].[HH].[Li+]. The minimum absolute atomic E-state index is 0. The van der Waals surface area contributed by atoms with Gasteiger partial charge in [0, 0.05) is 21.2 Å². The van der Waals surface area contributed by atoms with E-state index < -0.39 is 15.1 Å². The molecule has 0 rings (SSSR count). The van der Waals surface area contributed by atoms with E-state index >= 15 is 0 Å². The zero-order chi connectivity index (χ0) is 12.1. The maximum atomic E-state index is 5.67. The van der Waals surface area contributed by atoms with Crippen molar-refractivity contribution in [2.45, 2.75) is 59.3 Å². The first kappa shape index (κ1) is 20.3. The van der Waals surface area contributed by atoms with Crippen LogP contribution in [-0.2, 0) is 11.4 Å². The van der Waals surface area contributed by atoms with Gasteiger partial charge in [-0.2, -0.15) is 0 Å². The minimum atomic E-state index is -1.83. The molecule has 5 heteroatoms. The molecule has 17 heavy (non-hydrogen) atoms. The molecule has 0 aromatic carbocycles. The van der Waals surface area contributed by atoms with E-state index in [4.69, 9.17) is 11.4 Å². The van der Waals surface area contributed by atoms with Crippen LogP contribution in [0.2, 0.25) is 0 Å². The molecule has 100 valence electrons. The molecule has 0 aromatic heterocycles. The van der Waals surface area contributed by atoms with Gasteiger partial charge in [-0.05, 0) is 19.3 Å². The molecule has 0 saturated heterocycles. The summed E-state index contributed by atoms with van der Waals surface area (Å²) in [6.45, 7) is 8.84. The summed E-state index contributed by atoms with van der Waals surface area (Å²) in [5.41, 5.74) is 0. The predicted octanol–water partition coefficient (Wildman–Crippen LogP) is 0.784. The fourth-order valence-corrected chi connectivity index (χ4v) is 2.48. The topological polar surface area (TPSA) is 27.7 Å². The van der Waals surface area contributed by atoms with Gasteiger partial charge in [-0.15, -0.1) is 0 Å². The van der Waals surface area contributed by atoms with Gasteiger partial charge < -0.3 is 12.8 Å². The Morgan fingerprint density at radius 1 is 0.765 bits per heavy atom. The van der Waals surface area contributed by atoms with Crippen molar-refractivity contribution in [3.05, 3.63) is 0 Å². The van der Waals surface area contributed by atoms with Crippen molar-refractivity contribution in [1.29, 1.82) is 0 Å². The van der Waals surface area contributed by atoms with Crippen LogP contribution >= 0.6 is 0 Å². The molecule has 0 heterocycles. The van der Waals surface area contributed by atoms with Gasteiger partial charge in [0.1, 0.15) is 0 Å². The Balaban J connectivity index is -0.000000375. The molecule has 0 unspecified atom stereocenters. The molecular weight excluding hydrogens is 226 g/mol. The molecule has 0 saturated carbocycles. The summed E-state index contributed by atoms with van der Waals surface area (Å²) in [5, 5.41) is 0. The third kappa shape index (κ3) is 15.0. The molecule has 0 radical (unpaired) electrons. The summed E-state index contributed by atoms with van der Waals surface area (Å²) >= 11 is -1.83. The Morgan fingerprint density at radius 3 is 1.29 bits per heavy atom. The van der Waals surface area contributed by atoms with Crippen LogP contribution in [0.1, 0.15) is 62.1 Å². The van der Waals surface area contributed by atoms with Crippen molar-refractivity contribution >= 4 is 15.1 Å². The molecule has 0 aromatic rings. The summed E-state index contributed by atoms with van der Waals surface area (Å²) in [6.07, 6.45) is 6.76. The maximum absolute atomic E-state index is 5.67. The van der Waals surface area contributed by atoms with E-state index in [0.717, 1.165) is 58.3 Å². The van der Waals surface area contributed by atoms with E-state index in [1.54, 1.807) is 0 Å². The molecule has 0 aliphatic carbocycles. The third-order valence-corrected chi connectivity index (χ3v) is 3.78. The third-order valence-electron chi connectivity index (χ3n) is 2.26. The number of unbranched alkanes of at least 4 members (excludes halogenated alkanes) is 3. The first-order chi connectivity index (χ1) is 7.85. The van der Waals surface area contributed by atoms with Crippen LogP contribution in [0.25, 0.3) is 0 Å². The molecule has 0 fully saturated rings. The van der Waals surface area contributed by atoms with Crippen LogP contribution in [0.5, 0.6) is 0 Å². The molecule has 0 bridgehead atoms. The normalized spacial score (nSPS) is 10.1. The summed E-state index contributed by atoms with van der Waals surface area (Å²) in [7, 11) is 0. The van der Waals surface area contributed by atoms with Gasteiger partial charge in [-0.3, -0.25) is 0 Å². The van der Waals surface area contributed by atoms with Crippen molar-refractivity contribution in [1.82, 2.24) is 0 Å². The van der Waals surface area contributed by atoms with E-state index in [1.807, 2.05) is 0 Å². The summed E-state index contributed by atoms with van der Waals surface area (Å²) in [4.78, 5) is 0. The second kappa shape index (κ2) is 17.0. The first-order valence-corrected chi connectivity index (χ1v) is 8.11. The Bertz CT molecular complexity index is 124. The predicted molar refractivity (Wildman–Crippen MR) is 71.6 cm³/mol. The smallest absolute Gasteiger partial charge is 1.00 e. The second-order valence-corrected chi connectivity index (χ2v) is 5.54. The van der Waals surface area contributed by atoms with Gasteiger partial charge in [0.15, 0.2) is 0 Å². The summed E-state index contributed by atoms with van der Waals surface area (Å²) in [6, 6.07) is 0. The van der Waals surface area contributed by atoms with Crippen molar-refractivity contribution in [2.75, 3.05) is 19.8 Å². The van der Waals surface area contributed by atoms with Gasteiger partial charge in [0.25, 0.3) is 0 Å². The van der Waals surface area contributed by atoms with Crippen molar-refractivity contribution in [2.24, 2.45) is 0 Å². The molecule has 0 aliphatic heterocycles. The molecular formula is C12H30AlLiO3. The molecule has 0 aliphatic rings. The number of hydrogen-bond donors (Lipinski definition) is 0. The van der Waals surface area contributed by atoms with E-state index in [1.165, 1.54) is 0 Å². The molecule has 0 N–H and O–H groups in total. The zero-order valence-electron chi connectivity index (χ0n) is 13.2. The van der Waals surface area contributed by atoms with Gasteiger partial charge >= 0.3 is 34.0 Å². The first-order valence-electron chi connectivity index (χ1n) is 6.69. The van der Waals surface area contributed by atoms with Crippen LogP contribution < -0.4 is 18.9 Å². The molecule has 0 spiro atoms. The zero-order valence-corrected chi connectivity index (χ0v) is 13.3. The largest absolute Gasteiger partial charge is 1.00 e. The number of rotatable bonds is 12. The standard InChI is InChI=1S/3C4H9O.Al.Li.H2.H/c3*1-2-3-4-5;;;;/h3*2-4H2,1H3;;;1H;/q3*-1;+3;+1;;-1. The van der Waals surface area contributed by atoms with E-state index in [2.05, 4.69) is 20.8 Å². The van der Waals surface area contributed by atoms with Crippen molar-refractivity contribution in [3.63, 3.8) is 0 Å². The van der Waals surface area contributed by atoms with Gasteiger partial charge in [-0.25, -0.2) is 0 Å². The van der Waals surface area contributed by atoms with E-state index in [9.17, 15) is 0 Å². The maximum Gasteiger partial charge on any atom is 1.00 e. The van der Waals surface area contributed by atoms with Gasteiger partial charge in [-0.1, -0.05) is 40.0 Å². The fourth-order valence-electron chi connectivity index (χ4n) is 1.12. The fraction of sp³-hybridized carbons (Fsp3) is 1.00. The van der Waals surface area contributed by atoms with Gasteiger partial charge in [0.05, 0.1) is 0 Å². The Labute approximate surface area is 127 Å². The Kier molecular flexibility index (Phi) is 20.3. The number of hydrogen-bond acceptors (Lipinski definition) is 3. The average molecular weight is 256 g/mol. The second-order valence-electron chi connectivity index (χ2n) is 3.96.